The Kier molecular flexibility index (Phi) is 2.68. The molecule has 2 heterocycles. The maximum absolute atomic E-state index is 12.5. The number of ether oxygens (including phenoxy) is 3. The van der Waals surface area contributed by atoms with E-state index in [4.69, 9.17) is 14.2 Å². The van der Waals surface area contributed by atoms with Gasteiger partial charge in [-0.15, -0.1) is 0 Å². The minimum absolute atomic E-state index is 0.163. The van der Waals surface area contributed by atoms with Crippen molar-refractivity contribution < 1.29 is 19.0 Å². The van der Waals surface area contributed by atoms with Gasteiger partial charge in [0.25, 0.3) is 0 Å². The van der Waals surface area contributed by atoms with Gasteiger partial charge in [-0.3, -0.25) is 4.79 Å². The van der Waals surface area contributed by atoms with Crippen LogP contribution in [-0.4, -0.2) is 32.2 Å². The predicted octanol–water partition coefficient (Wildman–Crippen LogP) is 1.49. The molecule has 19 heavy (non-hydrogen) atoms. The van der Waals surface area contributed by atoms with E-state index in [0.717, 1.165) is 5.56 Å². The van der Waals surface area contributed by atoms with Crippen LogP contribution in [0.3, 0.4) is 0 Å². The summed E-state index contributed by atoms with van der Waals surface area (Å²) in [5, 5.41) is 9.19. The van der Waals surface area contributed by atoms with Gasteiger partial charge in [-0.25, -0.2) is 0 Å². The Morgan fingerprint density at radius 3 is 2.42 bits per heavy atom. The number of benzene rings is 1. The Morgan fingerprint density at radius 2 is 1.89 bits per heavy atom. The van der Waals surface area contributed by atoms with Crippen LogP contribution in [0, 0.1) is 23.7 Å². The first-order valence-electron chi connectivity index (χ1n) is 6.10. The Labute approximate surface area is 110 Å². The van der Waals surface area contributed by atoms with Crippen LogP contribution in [0.5, 0.6) is 11.5 Å². The Balaban J connectivity index is 2.01. The van der Waals surface area contributed by atoms with E-state index in [0.29, 0.717) is 30.3 Å². The van der Waals surface area contributed by atoms with Crippen LogP contribution in [0.15, 0.2) is 12.1 Å². The smallest absolute Gasteiger partial charge is 0.188 e. The van der Waals surface area contributed by atoms with E-state index >= 15 is 0 Å². The van der Waals surface area contributed by atoms with Crippen molar-refractivity contribution in [3.8, 4) is 17.6 Å². The molecule has 2 aliphatic rings. The first-order valence-corrected chi connectivity index (χ1v) is 6.10. The average Bonchev–Trinajstić information content (AvgIpc) is 2.37. The molecule has 0 atom stereocenters. The molecule has 1 fully saturated rings. The zero-order valence-corrected chi connectivity index (χ0v) is 10.6. The number of hydrogen-bond donors (Lipinski definition) is 0. The number of fused-ring (bicyclic) bond motifs is 1. The molecule has 0 saturated carbocycles. The third kappa shape index (κ3) is 1.76. The SMILES string of the molecule is Cc1cc2c(cc1C(=O)C1(C#N)COC1)OCCO2. The molecule has 0 radical (unpaired) electrons. The fourth-order valence-corrected chi connectivity index (χ4v) is 2.25. The molecule has 1 aromatic rings. The van der Waals surface area contributed by atoms with Crippen LogP contribution in [0.25, 0.3) is 0 Å². The van der Waals surface area contributed by atoms with Crippen molar-refractivity contribution >= 4 is 5.78 Å². The number of nitriles is 1. The minimum Gasteiger partial charge on any atom is -0.486 e. The average molecular weight is 259 g/mol. The zero-order chi connectivity index (χ0) is 13.5. The summed E-state index contributed by atoms with van der Waals surface area (Å²) in [5.41, 5.74) is 0.263. The van der Waals surface area contributed by atoms with Crippen molar-refractivity contribution in [3.63, 3.8) is 0 Å². The maximum atomic E-state index is 12.5. The number of Topliss-reactive ketones (excluding diaryl/α,β-unsaturated/α-hetero) is 1. The summed E-state index contributed by atoms with van der Waals surface area (Å²) in [4.78, 5) is 12.5. The summed E-state index contributed by atoms with van der Waals surface area (Å²) >= 11 is 0. The molecule has 5 nitrogen and oxygen atoms in total. The molecule has 98 valence electrons. The van der Waals surface area contributed by atoms with E-state index < -0.39 is 5.41 Å². The summed E-state index contributed by atoms with van der Waals surface area (Å²) in [6, 6.07) is 5.53. The van der Waals surface area contributed by atoms with Crippen molar-refractivity contribution in [1.82, 2.24) is 0 Å². The molecular weight excluding hydrogens is 246 g/mol. The van der Waals surface area contributed by atoms with Gasteiger partial charge in [0.15, 0.2) is 22.7 Å². The van der Waals surface area contributed by atoms with E-state index in [1.165, 1.54) is 0 Å². The van der Waals surface area contributed by atoms with Crippen LogP contribution in [0.1, 0.15) is 15.9 Å². The lowest BCUT2D eigenvalue weighted by Crippen LogP contribution is -2.48. The monoisotopic (exact) mass is 259 g/mol. The van der Waals surface area contributed by atoms with Crippen LogP contribution in [-0.2, 0) is 4.74 Å². The Hall–Kier alpha value is -2.06. The second kappa shape index (κ2) is 4.25. The summed E-state index contributed by atoms with van der Waals surface area (Å²) in [7, 11) is 0. The molecule has 0 unspecified atom stereocenters. The fraction of sp³-hybridized carbons (Fsp3) is 0.429. The molecule has 0 spiro atoms. The highest BCUT2D eigenvalue weighted by Crippen LogP contribution is 2.37. The molecule has 0 bridgehead atoms. The molecular formula is C14H13NO4. The number of ketones is 1. The minimum atomic E-state index is -1.03. The molecule has 2 aliphatic heterocycles. The fourth-order valence-electron chi connectivity index (χ4n) is 2.25. The van der Waals surface area contributed by atoms with Gasteiger partial charge < -0.3 is 14.2 Å². The first kappa shape index (κ1) is 12.0. The number of nitrogens with zero attached hydrogens (tertiary/aromatic N) is 1. The number of aryl methyl sites for hydroxylation is 1. The Bertz CT molecular complexity index is 584. The van der Waals surface area contributed by atoms with Crippen LogP contribution in [0.2, 0.25) is 0 Å². The van der Waals surface area contributed by atoms with Gasteiger partial charge >= 0.3 is 0 Å². The molecule has 5 heteroatoms. The van der Waals surface area contributed by atoms with E-state index in [9.17, 15) is 10.1 Å². The first-order chi connectivity index (χ1) is 9.16. The summed E-state index contributed by atoms with van der Waals surface area (Å²) in [6.07, 6.45) is 0. The molecule has 0 amide bonds. The summed E-state index contributed by atoms with van der Waals surface area (Å²) in [6.45, 7) is 3.13. The van der Waals surface area contributed by atoms with Crippen LogP contribution in [0.4, 0.5) is 0 Å². The second-order valence-corrected chi connectivity index (χ2v) is 4.83. The molecule has 1 saturated heterocycles. The van der Waals surface area contributed by atoms with E-state index in [1.807, 2.05) is 6.92 Å². The van der Waals surface area contributed by atoms with Crippen LogP contribution < -0.4 is 9.47 Å². The van der Waals surface area contributed by atoms with Crippen molar-refractivity contribution in [1.29, 1.82) is 5.26 Å². The molecule has 0 aromatic heterocycles. The van der Waals surface area contributed by atoms with Gasteiger partial charge in [0, 0.05) is 5.56 Å². The number of rotatable bonds is 2. The normalized spacial score (nSPS) is 19.2. The van der Waals surface area contributed by atoms with Crippen LogP contribution >= 0.6 is 0 Å². The second-order valence-electron chi connectivity index (χ2n) is 4.83. The third-order valence-corrected chi connectivity index (χ3v) is 3.48. The standard InChI is InChI=1S/C14H13NO4/c1-9-4-11-12(19-3-2-18-11)5-10(9)13(16)14(6-15)7-17-8-14/h4-5H,2-3,7-8H2,1H3. The Morgan fingerprint density at radius 1 is 1.26 bits per heavy atom. The number of carbonyl (C=O) groups is 1. The van der Waals surface area contributed by atoms with Gasteiger partial charge in [0.2, 0.25) is 0 Å². The van der Waals surface area contributed by atoms with Crippen molar-refractivity contribution in [2.45, 2.75) is 6.92 Å². The third-order valence-electron chi connectivity index (χ3n) is 3.48. The van der Waals surface area contributed by atoms with E-state index in [2.05, 4.69) is 6.07 Å². The summed E-state index contributed by atoms with van der Waals surface area (Å²) in [5.74, 6) is 1.01. The highest BCUT2D eigenvalue weighted by atomic mass is 16.6. The van der Waals surface area contributed by atoms with E-state index in [1.54, 1.807) is 12.1 Å². The highest BCUT2D eigenvalue weighted by molar-refractivity contribution is 6.04. The van der Waals surface area contributed by atoms with Crippen molar-refractivity contribution in [2.24, 2.45) is 5.41 Å². The summed E-state index contributed by atoms with van der Waals surface area (Å²) < 4.78 is 16.0. The molecule has 0 N–H and O–H groups in total. The lowest BCUT2D eigenvalue weighted by molar-refractivity contribution is -0.0566. The lowest BCUT2D eigenvalue weighted by atomic mass is 9.79. The maximum Gasteiger partial charge on any atom is 0.188 e. The quantitative estimate of drug-likeness (QED) is 0.753. The van der Waals surface area contributed by atoms with E-state index in [-0.39, 0.29) is 19.0 Å². The lowest BCUT2D eigenvalue weighted by Gasteiger charge is -2.34. The van der Waals surface area contributed by atoms with Gasteiger partial charge in [-0.05, 0) is 24.6 Å². The van der Waals surface area contributed by atoms with Crippen molar-refractivity contribution in [3.05, 3.63) is 23.3 Å². The number of carbonyl (C=O) groups excluding carboxylic acids is 1. The van der Waals surface area contributed by atoms with Gasteiger partial charge in [-0.2, -0.15) is 5.26 Å². The molecule has 3 rings (SSSR count). The van der Waals surface area contributed by atoms with Gasteiger partial charge in [0.05, 0.1) is 19.3 Å². The molecule has 1 aromatic carbocycles. The largest absolute Gasteiger partial charge is 0.486 e. The number of hydrogen-bond acceptors (Lipinski definition) is 5. The van der Waals surface area contributed by atoms with Gasteiger partial charge in [-0.1, -0.05) is 0 Å². The van der Waals surface area contributed by atoms with Gasteiger partial charge in [0.1, 0.15) is 13.2 Å². The topological polar surface area (TPSA) is 68.6 Å². The van der Waals surface area contributed by atoms with Crippen molar-refractivity contribution in [2.75, 3.05) is 26.4 Å². The zero-order valence-electron chi connectivity index (χ0n) is 10.6. The predicted molar refractivity (Wildman–Crippen MR) is 65.4 cm³/mol. The molecule has 0 aliphatic carbocycles. The highest BCUT2D eigenvalue weighted by Gasteiger charge is 2.47.